The van der Waals surface area contributed by atoms with Crippen LogP contribution in [0.5, 0.6) is 0 Å². The van der Waals surface area contributed by atoms with Gasteiger partial charge in [0.05, 0.1) is 6.54 Å². The molecular weight excluding hydrogens is 308 g/mol. The number of benzene rings is 1. The molecule has 118 valence electrons. The molecule has 0 bridgehead atoms. The van der Waals surface area contributed by atoms with E-state index in [2.05, 4.69) is 38.0 Å². The number of anilines is 1. The van der Waals surface area contributed by atoms with E-state index < -0.39 is 0 Å². The van der Waals surface area contributed by atoms with Crippen molar-refractivity contribution in [2.75, 3.05) is 44.2 Å². The standard InChI is InChI=1S/C18H19ClN4/c19-15-3-5-16(6-4-15)23-10-8-22(9-11-23)13-14-12-21-18-17(14)2-1-7-20-18/h1-7H,8-13H2. The van der Waals surface area contributed by atoms with Gasteiger partial charge in [0.25, 0.3) is 0 Å². The van der Waals surface area contributed by atoms with Crippen LogP contribution < -0.4 is 15.6 Å². The van der Waals surface area contributed by atoms with E-state index in [9.17, 15) is 0 Å². The fraction of sp³-hybridized carbons (Fsp3) is 0.333. The summed E-state index contributed by atoms with van der Waals surface area (Å²) < 4.78 is 0. The minimum atomic E-state index is 0.793. The predicted octanol–water partition coefficient (Wildman–Crippen LogP) is 1.34. The van der Waals surface area contributed by atoms with Crippen LogP contribution in [-0.4, -0.2) is 49.2 Å². The summed E-state index contributed by atoms with van der Waals surface area (Å²) in [6, 6.07) is 12.3. The lowest BCUT2D eigenvalue weighted by molar-refractivity contribution is 0.286. The van der Waals surface area contributed by atoms with E-state index in [4.69, 9.17) is 11.6 Å². The Morgan fingerprint density at radius 3 is 2.57 bits per heavy atom. The monoisotopic (exact) mass is 326 g/mol. The molecule has 1 fully saturated rings. The zero-order valence-electron chi connectivity index (χ0n) is 13.0. The van der Waals surface area contributed by atoms with Gasteiger partial charge in [0, 0.05) is 54.8 Å². The molecule has 0 aliphatic carbocycles. The van der Waals surface area contributed by atoms with Crippen LogP contribution in [0.25, 0.3) is 5.57 Å². The highest BCUT2D eigenvalue weighted by atomic mass is 35.5. The third-order valence-corrected chi connectivity index (χ3v) is 4.82. The Hall–Kier alpha value is -1.91. The minimum Gasteiger partial charge on any atom is -0.369 e. The van der Waals surface area contributed by atoms with Crippen molar-refractivity contribution >= 4 is 22.9 Å². The number of piperazine rings is 1. The van der Waals surface area contributed by atoms with E-state index >= 15 is 0 Å². The molecule has 4 rings (SSSR count). The van der Waals surface area contributed by atoms with Gasteiger partial charge in [0.1, 0.15) is 0 Å². The van der Waals surface area contributed by atoms with E-state index in [0.717, 1.165) is 49.8 Å². The van der Waals surface area contributed by atoms with Crippen LogP contribution in [0.4, 0.5) is 5.69 Å². The summed E-state index contributed by atoms with van der Waals surface area (Å²) in [4.78, 5) is 13.8. The molecule has 2 aliphatic heterocycles. The summed E-state index contributed by atoms with van der Waals surface area (Å²) in [6.07, 6.45) is 1.82. The molecule has 1 saturated heterocycles. The summed E-state index contributed by atoms with van der Waals surface area (Å²) >= 11 is 5.97. The average molecular weight is 327 g/mol. The molecule has 23 heavy (non-hydrogen) atoms. The van der Waals surface area contributed by atoms with Crippen LogP contribution in [0.2, 0.25) is 5.02 Å². The van der Waals surface area contributed by atoms with Gasteiger partial charge in [0.15, 0.2) is 5.49 Å². The van der Waals surface area contributed by atoms with Gasteiger partial charge < -0.3 is 4.90 Å². The zero-order chi connectivity index (χ0) is 15.6. The topological polar surface area (TPSA) is 31.7 Å². The van der Waals surface area contributed by atoms with Gasteiger partial charge in [-0.15, -0.1) is 0 Å². The van der Waals surface area contributed by atoms with Crippen LogP contribution in [-0.2, 0) is 0 Å². The molecular formula is C18H19ClN4. The van der Waals surface area contributed by atoms with Crippen LogP contribution >= 0.6 is 11.6 Å². The summed E-state index contributed by atoms with van der Waals surface area (Å²) in [6.45, 7) is 6.03. The number of halogens is 1. The second-order valence-electron chi connectivity index (χ2n) is 6.03. The smallest absolute Gasteiger partial charge is 0.154 e. The van der Waals surface area contributed by atoms with E-state index in [-0.39, 0.29) is 0 Å². The second-order valence-corrected chi connectivity index (χ2v) is 6.47. The first-order chi connectivity index (χ1) is 11.3. The largest absolute Gasteiger partial charge is 0.369 e. The van der Waals surface area contributed by atoms with E-state index in [0.29, 0.717) is 0 Å². The number of fused-ring (bicyclic) bond motifs is 1. The molecule has 0 radical (unpaired) electrons. The van der Waals surface area contributed by atoms with Crippen molar-refractivity contribution in [3.05, 3.63) is 58.3 Å². The minimum absolute atomic E-state index is 0.793. The number of rotatable bonds is 3. The Morgan fingerprint density at radius 2 is 1.78 bits per heavy atom. The summed E-state index contributed by atoms with van der Waals surface area (Å²) in [5.41, 5.74) is 3.56. The highest BCUT2D eigenvalue weighted by Crippen LogP contribution is 2.19. The molecule has 2 aliphatic rings. The molecule has 0 unspecified atom stereocenters. The number of pyridine rings is 1. The molecule has 0 saturated carbocycles. The molecule has 5 heteroatoms. The first-order valence-corrected chi connectivity index (χ1v) is 8.38. The van der Waals surface area contributed by atoms with Gasteiger partial charge in [-0.3, -0.25) is 9.89 Å². The van der Waals surface area contributed by atoms with Gasteiger partial charge in [-0.05, 0) is 42.0 Å². The Labute approximate surface area is 140 Å². The molecule has 0 N–H and O–H groups in total. The van der Waals surface area contributed by atoms with Crippen LogP contribution in [0, 0.1) is 0 Å². The molecule has 0 spiro atoms. The van der Waals surface area contributed by atoms with Gasteiger partial charge in [-0.1, -0.05) is 11.6 Å². The van der Waals surface area contributed by atoms with Gasteiger partial charge in [0.2, 0.25) is 0 Å². The highest BCUT2D eigenvalue weighted by molar-refractivity contribution is 6.30. The van der Waals surface area contributed by atoms with E-state index in [1.807, 2.05) is 24.4 Å². The first kappa shape index (κ1) is 14.7. The van der Waals surface area contributed by atoms with Gasteiger partial charge in [-0.2, -0.15) is 0 Å². The summed E-state index contributed by atoms with van der Waals surface area (Å²) in [5.74, 6) is 0. The van der Waals surface area contributed by atoms with Crippen LogP contribution in [0.3, 0.4) is 0 Å². The average Bonchev–Trinajstić information content (AvgIpc) is 3.00. The molecule has 0 atom stereocenters. The lowest BCUT2D eigenvalue weighted by Gasteiger charge is -2.36. The Kier molecular flexibility index (Phi) is 4.02. The van der Waals surface area contributed by atoms with E-state index in [1.165, 1.54) is 16.5 Å². The maximum atomic E-state index is 5.97. The molecule has 0 amide bonds. The Morgan fingerprint density at radius 1 is 1.00 bits per heavy atom. The summed E-state index contributed by atoms with van der Waals surface area (Å²) in [7, 11) is 0. The fourth-order valence-electron chi connectivity index (χ4n) is 3.28. The van der Waals surface area contributed by atoms with Crippen molar-refractivity contribution in [2.24, 2.45) is 4.99 Å². The molecule has 1 aromatic carbocycles. The van der Waals surface area contributed by atoms with Crippen molar-refractivity contribution in [3.8, 4) is 0 Å². The van der Waals surface area contributed by atoms with Crippen molar-refractivity contribution < 1.29 is 0 Å². The molecule has 3 heterocycles. The number of hydrogen-bond donors (Lipinski definition) is 0. The number of aromatic nitrogens is 1. The maximum Gasteiger partial charge on any atom is 0.154 e. The SMILES string of the molecule is Clc1ccc(N2CCN(CC3=c4cccnc4=NC3)CC2)cc1. The van der Waals surface area contributed by atoms with Gasteiger partial charge in [-0.25, -0.2) is 4.98 Å². The normalized spacial score (nSPS) is 18.0. The Balaban J connectivity index is 1.41. The lowest BCUT2D eigenvalue weighted by Crippen LogP contribution is -2.47. The van der Waals surface area contributed by atoms with E-state index in [1.54, 1.807) is 0 Å². The quantitative estimate of drug-likeness (QED) is 0.853. The highest BCUT2D eigenvalue weighted by Gasteiger charge is 2.19. The van der Waals surface area contributed by atoms with Crippen molar-refractivity contribution in [1.29, 1.82) is 0 Å². The molecule has 2 aromatic rings. The lowest BCUT2D eigenvalue weighted by atomic mass is 10.2. The first-order valence-electron chi connectivity index (χ1n) is 8.00. The predicted molar refractivity (Wildman–Crippen MR) is 93.4 cm³/mol. The maximum absolute atomic E-state index is 5.97. The van der Waals surface area contributed by atoms with Gasteiger partial charge >= 0.3 is 0 Å². The molecule has 4 nitrogen and oxygen atoms in total. The number of nitrogens with zero attached hydrogens (tertiary/aromatic N) is 4. The number of hydrogen-bond acceptors (Lipinski definition) is 4. The summed E-state index contributed by atoms with van der Waals surface area (Å²) in [5, 5.41) is 2.02. The zero-order valence-corrected chi connectivity index (χ0v) is 13.7. The third-order valence-electron chi connectivity index (χ3n) is 4.57. The van der Waals surface area contributed by atoms with Crippen molar-refractivity contribution in [3.63, 3.8) is 0 Å². The van der Waals surface area contributed by atoms with Crippen LogP contribution in [0.1, 0.15) is 0 Å². The molecule has 1 aromatic heterocycles. The van der Waals surface area contributed by atoms with Crippen LogP contribution in [0.15, 0.2) is 47.6 Å². The van der Waals surface area contributed by atoms with Crippen molar-refractivity contribution in [2.45, 2.75) is 0 Å². The fourth-order valence-corrected chi connectivity index (χ4v) is 3.40. The second kappa shape index (κ2) is 6.30. The van der Waals surface area contributed by atoms with Crippen molar-refractivity contribution in [1.82, 2.24) is 9.88 Å². The Bertz CT molecular complexity index is 808. The third kappa shape index (κ3) is 3.09.